The first-order chi connectivity index (χ1) is 9.40. The Morgan fingerprint density at radius 3 is 2.35 bits per heavy atom. The molecular weight excluding hydrogens is 329 g/mol. The van der Waals surface area contributed by atoms with E-state index in [9.17, 15) is 9.18 Å². The van der Waals surface area contributed by atoms with Gasteiger partial charge in [0, 0.05) is 6.07 Å². The Hall–Kier alpha value is -1.49. The third kappa shape index (κ3) is 2.98. The Bertz CT molecular complexity index is 689. The lowest BCUT2D eigenvalue weighted by Gasteiger charge is -2.11. The summed E-state index contributed by atoms with van der Waals surface area (Å²) in [5, 5.41) is 9.52. The number of rotatable bonds is 3. The second-order valence-electron chi connectivity index (χ2n) is 3.72. The van der Waals surface area contributed by atoms with E-state index in [0.717, 1.165) is 6.07 Å². The molecule has 3 nitrogen and oxygen atoms in total. The maximum atomic E-state index is 13.5. The van der Waals surface area contributed by atoms with Crippen LogP contribution >= 0.6 is 34.8 Å². The van der Waals surface area contributed by atoms with Gasteiger partial charge in [-0.2, -0.15) is 0 Å². The molecule has 0 saturated carbocycles. The highest BCUT2D eigenvalue weighted by Crippen LogP contribution is 2.37. The van der Waals surface area contributed by atoms with Crippen molar-refractivity contribution in [2.45, 2.75) is 0 Å². The van der Waals surface area contributed by atoms with Crippen LogP contribution in [0.25, 0.3) is 0 Å². The first-order valence-electron chi connectivity index (χ1n) is 5.24. The van der Waals surface area contributed by atoms with E-state index < -0.39 is 17.3 Å². The van der Waals surface area contributed by atoms with Crippen molar-refractivity contribution in [1.29, 1.82) is 0 Å². The number of hydrogen-bond acceptors (Lipinski definition) is 2. The summed E-state index contributed by atoms with van der Waals surface area (Å²) in [4.78, 5) is 11.0. The van der Waals surface area contributed by atoms with Crippen LogP contribution in [0.5, 0.6) is 11.5 Å². The van der Waals surface area contributed by atoms with Crippen molar-refractivity contribution >= 4 is 40.8 Å². The molecule has 104 valence electrons. The molecule has 0 fully saturated rings. The van der Waals surface area contributed by atoms with Crippen molar-refractivity contribution in [3.8, 4) is 11.5 Å². The van der Waals surface area contributed by atoms with E-state index in [1.165, 1.54) is 24.3 Å². The fourth-order valence-electron chi connectivity index (χ4n) is 1.50. The molecule has 0 aliphatic rings. The molecule has 0 radical (unpaired) electrons. The molecule has 2 aromatic carbocycles. The lowest BCUT2D eigenvalue weighted by Crippen LogP contribution is -2.03. The maximum Gasteiger partial charge on any atom is 0.342 e. The molecule has 0 aliphatic carbocycles. The van der Waals surface area contributed by atoms with Gasteiger partial charge in [0.15, 0.2) is 0 Å². The average molecular weight is 336 g/mol. The van der Waals surface area contributed by atoms with Gasteiger partial charge in [-0.15, -0.1) is 0 Å². The standard InChI is InChI=1S/C13H6Cl3FO3/c14-6-4-8(16)11(5-7(6)15)20-10-3-1-2-9(17)12(10)13(18)19/h1-5H,(H,18,19). The molecule has 2 rings (SSSR count). The van der Waals surface area contributed by atoms with Crippen LogP contribution in [0.1, 0.15) is 10.4 Å². The fourth-order valence-corrected chi connectivity index (χ4v) is 2.07. The number of carbonyl (C=O) groups is 1. The highest BCUT2D eigenvalue weighted by atomic mass is 35.5. The molecule has 2 aromatic rings. The van der Waals surface area contributed by atoms with E-state index in [0.29, 0.717) is 0 Å². The third-order valence-electron chi connectivity index (χ3n) is 2.38. The topological polar surface area (TPSA) is 46.5 Å². The second kappa shape index (κ2) is 5.87. The van der Waals surface area contributed by atoms with Crippen LogP contribution in [0, 0.1) is 5.82 Å². The van der Waals surface area contributed by atoms with Crippen LogP contribution in [0.4, 0.5) is 4.39 Å². The molecule has 0 spiro atoms. The Kier molecular flexibility index (Phi) is 4.38. The molecule has 0 amide bonds. The first kappa shape index (κ1) is 14.9. The van der Waals surface area contributed by atoms with Crippen molar-refractivity contribution in [2.75, 3.05) is 0 Å². The average Bonchev–Trinajstić information content (AvgIpc) is 2.35. The Morgan fingerprint density at radius 2 is 1.70 bits per heavy atom. The molecule has 20 heavy (non-hydrogen) atoms. The number of aromatic carboxylic acids is 1. The minimum absolute atomic E-state index is 0.0779. The van der Waals surface area contributed by atoms with Crippen LogP contribution in [0.15, 0.2) is 30.3 Å². The number of benzene rings is 2. The van der Waals surface area contributed by atoms with E-state index in [4.69, 9.17) is 44.6 Å². The number of ether oxygens (including phenoxy) is 1. The Balaban J connectivity index is 2.48. The molecule has 0 aliphatic heterocycles. The van der Waals surface area contributed by atoms with Gasteiger partial charge in [-0.25, -0.2) is 9.18 Å². The molecule has 0 aromatic heterocycles. The van der Waals surface area contributed by atoms with Gasteiger partial charge in [0.25, 0.3) is 0 Å². The van der Waals surface area contributed by atoms with Crippen molar-refractivity contribution in [3.05, 3.63) is 56.8 Å². The van der Waals surface area contributed by atoms with Crippen molar-refractivity contribution in [1.82, 2.24) is 0 Å². The summed E-state index contributed by atoms with van der Waals surface area (Å²) in [5.41, 5.74) is -0.588. The summed E-state index contributed by atoms with van der Waals surface area (Å²) in [6.07, 6.45) is 0. The minimum atomic E-state index is -1.45. The van der Waals surface area contributed by atoms with Gasteiger partial charge in [0.05, 0.1) is 15.1 Å². The maximum absolute atomic E-state index is 13.5. The summed E-state index contributed by atoms with van der Waals surface area (Å²) >= 11 is 17.5. The first-order valence-corrected chi connectivity index (χ1v) is 6.37. The molecule has 0 heterocycles. The van der Waals surface area contributed by atoms with Gasteiger partial charge in [-0.3, -0.25) is 0 Å². The predicted molar refractivity (Wildman–Crippen MR) is 74.9 cm³/mol. The van der Waals surface area contributed by atoms with Crippen LogP contribution in [0.2, 0.25) is 15.1 Å². The summed E-state index contributed by atoms with van der Waals surface area (Å²) in [5.74, 6) is -2.47. The van der Waals surface area contributed by atoms with Gasteiger partial charge >= 0.3 is 5.97 Å². The molecule has 7 heteroatoms. The third-order valence-corrected chi connectivity index (χ3v) is 3.40. The monoisotopic (exact) mass is 334 g/mol. The second-order valence-corrected chi connectivity index (χ2v) is 4.94. The van der Waals surface area contributed by atoms with E-state index in [1.54, 1.807) is 0 Å². The van der Waals surface area contributed by atoms with E-state index in [1.807, 2.05) is 0 Å². The fraction of sp³-hybridized carbons (Fsp3) is 0. The Labute approximate surface area is 128 Å². The molecule has 0 atom stereocenters. The van der Waals surface area contributed by atoms with Gasteiger partial charge in [0.2, 0.25) is 0 Å². The van der Waals surface area contributed by atoms with Crippen molar-refractivity contribution in [2.24, 2.45) is 0 Å². The predicted octanol–water partition coefficient (Wildman–Crippen LogP) is 5.28. The number of hydrogen-bond donors (Lipinski definition) is 1. The lowest BCUT2D eigenvalue weighted by atomic mass is 10.2. The van der Waals surface area contributed by atoms with Crippen LogP contribution in [-0.4, -0.2) is 11.1 Å². The SMILES string of the molecule is O=C(O)c1c(F)cccc1Oc1cc(Cl)c(Cl)cc1Cl. The normalized spacial score (nSPS) is 10.4. The molecule has 0 bridgehead atoms. The lowest BCUT2D eigenvalue weighted by molar-refractivity contribution is 0.0689. The van der Waals surface area contributed by atoms with E-state index in [2.05, 4.69) is 0 Å². The van der Waals surface area contributed by atoms with Crippen LogP contribution < -0.4 is 4.74 Å². The van der Waals surface area contributed by atoms with Crippen LogP contribution in [0.3, 0.4) is 0 Å². The quantitative estimate of drug-likeness (QED) is 0.777. The van der Waals surface area contributed by atoms with E-state index in [-0.39, 0.29) is 26.6 Å². The largest absolute Gasteiger partial charge is 0.477 e. The van der Waals surface area contributed by atoms with Gasteiger partial charge in [0.1, 0.15) is 22.9 Å². The Morgan fingerprint density at radius 1 is 1.05 bits per heavy atom. The highest BCUT2D eigenvalue weighted by Gasteiger charge is 2.18. The number of halogens is 4. The highest BCUT2D eigenvalue weighted by molar-refractivity contribution is 6.43. The van der Waals surface area contributed by atoms with Crippen LogP contribution in [-0.2, 0) is 0 Å². The minimum Gasteiger partial charge on any atom is -0.477 e. The van der Waals surface area contributed by atoms with Gasteiger partial charge in [-0.1, -0.05) is 40.9 Å². The summed E-state index contributed by atoms with van der Waals surface area (Å²) in [7, 11) is 0. The number of carboxylic acid groups (broad SMARTS) is 1. The van der Waals surface area contributed by atoms with Gasteiger partial charge in [-0.05, 0) is 18.2 Å². The summed E-state index contributed by atoms with van der Waals surface area (Å²) < 4.78 is 18.8. The molecular formula is C13H6Cl3FO3. The number of carboxylic acids is 1. The summed E-state index contributed by atoms with van der Waals surface area (Å²) in [6.45, 7) is 0. The van der Waals surface area contributed by atoms with E-state index >= 15 is 0 Å². The zero-order valence-electron chi connectivity index (χ0n) is 9.66. The smallest absolute Gasteiger partial charge is 0.342 e. The van der Waals surface area contributed by atoms with Crippen molar-refractivity contribution < 1.29 is 19.0 Å². The molecule has 0 saturated heterocycles. The van der Waals surface area contributed by atoms with Crippen molar-refractivity contribution in [3.63, 3.8) is 0 Å². The van der Waals surface area contributed by atoms with Gasteiger partial charge < -0.3 is 9.84 Å². The zero-order valence-corrected chi connectivity index (χ0v) is 11.9. The molecule has 1 N–H and O–H groups in total. The molecule has 0 unspecified atom stereocenters. The summed E-state index contributed by atoms with van der Waals surface area (Å²) in [6, 6.07) is 6.32. The zero-order chi connectivity index (χ0) is 14.9.